The van der Waals surface area contributed by atoms with E-state index >= 15 is 0 Å². The van der Waals surface area contributed by atoms with Gasteiger partial charge >= 0.3 is 0 Å². The summed E-state index contributed by atoms with van der Waals surface area (Å²) in [4.78, 5) is 1.11. The molecule has 0 amide bonds. The second-order valence-corrected chi connectivity index (χ2v) is 4.20. The molecule has 0 aliphatic rings. The van der Waals surface area contributed by atoms with Crippen LogP contribution in [0.5, 0.6) is 5.75 Å². The molecule has 0 heterocycles. The van der Waals surface area contributed by atoms with E-state index in [-0.39, 0.29) is 0 Å². The molecule has 3 heteroatoms. The van der Waals surface area contributed by atoms with Crippen LogP contribution >= 0.6 is 11.8 Å². The molecule has 0 fully saturated rings. The van der Waals surface area contributed by atoms with Gasteiger partial charge in [-0.05, 0) is 24.3 Å². The van der Waals surface area contributed by atoms with E-state index in [1.807, 2.05) is 18.2 Å². The zero-order valence-electron chi connectivity index (χ0n) is 8.82. The molecule has 0 unspecified atom stereocenters. The fourth-order valence-electron chi connectivity index (χ4n) is 1.16. The Morgan fingerprint density at radius 1 is 1.53 bits per heavy atom. The van der Waals surface area contributed by atoms with E-state index in [2.05, 4.69) is 5.92 Å². The van der Waals surface area contributed by atoms with Crippen LogP contribution in [0.4, 0.5) is 5.69 Å². The van der Waals surface area contributed by atoms with Gasteiger partial charge in [0.05, 0.1) is 7.11 Å². The van der Waals surface area contributed by atoms with Crippen LogP contribution in [0.15, 0.2) is 23.1 Å². The van der Waals surface area contributed by atoms with Crippen molar-refractivity contribution < 1.29 is 4.74 Å². The molecule has 0 atom stereocenters. The van der Waals surface area contributed by atoms with Gasteiger partial charge in [0.25, 0.3) is 0 Å². The summed E-state index contributed by atoms with van der Waals surface area (Å²) in [6.45, 7) is 0. The van der Waals surface area contributed by atoms with Gasteiger partial charge < -0.3 is 10.5 Å². The van der Waals surface area contributed by atoms with Crippen molar-refractivity contribution in [3.63, 3.8) is 0 Å². The number of nitrogens with two attached hydrogens (primary N) is 1. The van der Waals surface area contributed by atoms with Crippen LogP contribution < -0.4 is 10.5 Å². The molecule has 0 saturated heterocycles. The molecule has 2 N–H and O–H groups in total. The molecule has 0 saturated carbocycles. The summed E-state index contributed by atoms with van der Waals surface area (Å²) >= 11 is 1.74. The monoisotopic (exact) mass is 221 g/mol. The second-order valence-electron chi connectivity index (χ2n) is 3.07. The van der Waals surface area contributed by atoms with Crippen molar-refractivity contribution in [3.8, 4) is 18.1 Å². The predicted octanol–water partition coefficient (Wildman–Crippen LogP) is 2.78. The van der Waals surface area contributed by atoms with E-state index in [1.165, 1.54) is 0 Å². The highest BCUT2D eigenvalue weighted by Gasteiger charge is 2.03. The summed E-state index contributed by atoms with van der Waals surface area (Å²) < 4.78 is 5.24. The van der Waals surface area contributed by atoms with Crippen LogP contribution in [0.1, 0.15) is 12.8 Å². The Labute approximate surface area is 95.2 Å². The molecule has 0 aliphatic heterocycles. The maximum atomic E-state index is 5.66. The average molecular weight is 221 g/mol. The molecule has 0 aliphatic carbocycles. The minimum atomic E-state index is 0.722. The summed E-state index contributed by atoms with van der Waals surface area (Å²) in [5, 5.41) is 0. The van der Waals surface area contributed by atoms with E-state index < -0.39 is 0 Å². The van der Waals surface area contributed by atoms with Crippen molar-refractivity contribution in [1.82, 2.24) is 0 Å². The number of anilines is 1. The minimum Gasteiger partial charge on any atom is -0.496 e. The number of hydrogen-bond acceptors (Lipinski definition) is 3. The number of benzene rings is 1. The lowest BCUT2D eigenvalue weighted by Gasteiger charge is -2.08. The molecule has 2 nitrogen and oxygen atoms in total. The smallest absolute Gasteiger partial charge is 0.134 e. The second kappa shape index (κ2) is 6.26. The predicted molar refractivity (Wildman–Crippen MR) is 66.2 cm³/mol. The summed E-state index contributed by atoms with van der Waals surface area (Å²) in [7, 11) is 1.65. The summed E-state index contributed by atoms with van der Waals surface area (Å²) in [5.74, 6) is 4.47. The third-order valence-electron chi connectivity index (χ3n) is 1.91. The SMILES string of the molecule is C#CCCCSc1ccc(N)cc1OC. The Bertz CT molecular complexity index is 357. The molecule has 0 aromatic heterocycles. The third kappa shape index (κ3) is 3.77. The molecule has 15 heavy (non-hydrogen) atoms. The number of methoxy groups -OCH3 is 1. The van der Waals surface area contributed by atoms with Crippen LogP contribution in [0.2, 0.25) is 0 Å². The van der Waals surface area contributed by atoms with Gasteiger partial charge in [0, 0.05) is 23.1 Å². The molecule has 0 bridgehead atoms. The number of unbranched alkanes of at least 4 members (excludes halogenated alkanes) is 1. The maximum Gasteiger partial charge on any atom is 0.134 e. The topological polar surface area (TPSA) is 35.2 Å². The highest BCUT2D eigenvalue weighted by Crippen LogP contribution is 2.31. The third-order valence-corrected chi connectivity index (χ3v) is 3.05. The Morgan fingerprint density at radius 2 is 2.33 bits per heavy atom. The van der Waals surface area contributed by atoms with Crippen molar-refractivity contribution in [1.29, 1.82) is 0 Å². The van der Waals surface area contributed by atoms with Crippen molar-refractivity contribution in [2.45, 2.75) is 17.7 Å². The van der Waals surface area contributed by atoms with E-state index in [0.29, 0.717) is 0 Å². The fraction of sp³-hybridized carbons (Fsp3) is 0.333. The summed E-state index contributed by atoms with van der Waals surface area (Å²) in [6.07, 6.45) is 7.03. The molecule has 80 valence electrons. The number of thioether (sulfide) groups is 1. The largest absolute Gasteiger partial charge is 0.496 e. The van der Waals surface area contributed by atoms with Crippen LogP contribution in [-0.4, -0.2) is 12.9 Å². The highest BCUT2D eigenvalue weighted by molar-refractivity contribution is 7.99. The minimum absolute atomic E-state index is 0.722. The van der Waals surface area contributed by atoms with E-state index in [4.69, 9.17) is 16.9 Å². The number of hydrogen-bond donors (Lipinski definition) is 1. The van der Waals surface area contributed by atoms with Gasteiger partial charge in [-0.2, -0.15) is 0 Å². The zero-order valence-corrected chi connectivity index (χ0v) is 9.64. The standard InChI is InChI=1S/C12H15NOS/c1-3-4-5-8-15-12-7-6-10(13)9-11(12)14-2/h1,6-7,9H,4-5,8,13H2,2H3. The first-order valence-corrected chi connectivity index (χ1v) is 5.76. The average Bonchev–Trinajstić information content (AvgIpc) is 2.26. The number of terminal acetylenes is 1. The number of rotatable bonds is 5. The zero-order chi connectivity index (χ0) is 11.1. The maximum absolute atomic E-state index is 5.66. The first-order valence-electron chi connectivity index (χ1n) is 4.77. The molecule has 1 rings (SSSR count). The van der Waals surface area contributed by atoms with Gasteiger partial charge in [-0.15, -0.1) is 24.1 Å². The van der Waals surface area contributed by atoms with Gasteiger partial charge in [0.15, 0.2) is 0 Å². The quantitative estimate of drug-likeness (QED) is 0.359. The van der Waals surface area contributed by atoms with E-state index in [1.54, 1.807) is 18.9 Å². The first kappa shape index (κ1) is 11.8. The van der Waals surface area contributed by atoms with Crippen molar-refractivity contribution in [3.05, 3.63) is 18.2 Å². The molecule has 0 radical (unpaired) electrons. The van der Waals surface area contributed by atoms with Crippen LogP contribution in [0, 0.1) is 12.3 Å². The number of ether oxygens (including phenoxy) is 1. The normalized spacial score (nSPS) is 9.60. The molecule has 1 aromatic carbocycles. The van der Waals surface area contributed by atoms with E-state index in [0.717, 1.165) is 34.9 Å². The lowest BCUT2D eigenvalue weighted by molar-refractivity contribution is 0.405. The molecule has 1 aromatic rings. The van der Waals surface area contributed by atoms with Crippen LogP contribution in [-0.2, 0) is 0 Å². The first-order chi connectivity index (χ1) is 7.27. The van der Waals surface area contributed by atoms with Gasteiger partial charge in [0.2, 0.25) is 0 Å². The van der Waals surface area contributed by atoms with Crippen molar-refractivity contribution in [2.75, 3.05) is 18.6 Å². The van der Waals surface area contributed by atoms with Gasteiger partial charge in [0.1, 0.15) is 5.75 Å². The van der Waals surface area contributed by atoms with E-state index in [9.17, 15) is 0 Å². The van der Waals surface area contributed by atoms with Crippen LogP contribution in [0.25, 0.3) is 0 Å². The Morgan fingerprint density at radius 3 is 3.00 bits per heavy atom. The number of nitrogen functional groups attached to an aromatic ring is 1. The van der Waals surface area contributed by atoms with Crippen LogP contribution in [0.3, 0.4) is 0 Å². The Kier molecular flexibility index (Phi) is 4.92. The van der Waals surface area contributed by atoms with Gasteiger partial charge in [-0.25, -0.2) is 0 Å². The van der Waals surface area contributed by atoms with Crippen molar-refractivity contribution >= 4 is 17.4 Å². The summed E-state index contributed by atoms with van der Waals surface area (Å²) in [6, 6.07) is 5.70. The highest BCUT2D eigenvalue weighted by atomic mass is 32.2. The lowest BCUT2D eigenvalue weighted by Crippen LogP contribution is -1.90. The van der Waals surface area contributed by atoms with Gasteiger partial charge in [-0.3, -0.25) is 0 Å². The Balaban J connectivity index is 2.57. The summed E-state index contributed by atoms with van der Waals surface area (Å²) in [5.41, 5.74) is 6.39. The van der Waals surface area contributed by atoms with Crippen molar-refractivity contribution in [2.24, 2.45) is 0 Å². The fourth-order valence-corrected chi connectivity index (χ4v) is 2.12. The Hall–Kier alpha value is -1.27. The van der Waals surface area contributed by atoms with Gasteiger partial charge in [-0.1, -0.05) is 0 Å². The molecular formula is C12H15NOS. The lowest BCUT2D eigenvalue weighted by atomic mass is 10.3. The molecular weight excluding hydrogens is 206 g/mol. The molecule has 0 spiro atoms.